The average molecular weight is 436 g/mol. The van der Waals surface area contributed by atoms with Crippen LogP contribution in [0.3, 0.4) is 0 Å². The molecule has 4 rings (SSSR count). The summed E-state index contributed by atoms with van der Waals surface area (Å²) in [5.41, 5.74) is 5.27. The summed E-state index contributed by atoms with van der Waals surface area (Å²) in [6.45, 7) is 3.88. The van der Waals surface area contributed by atoms with Gasteiger partial charge in [0.05, 0.1) is 10.6 Å². The number of rotatable bonds is 3. The van der Waals surface area contributed by atoms with Gasteiger partial charge in [0, 0.05) is 11.3 Å². The number of halogens is 1. The molecular formula is C23H18ClN3O2S. The highest BCUT2D eigenvalue weighted by Gasteiger charge is 2.13. The predicted molar refractivity (Wildman–Crippen MR) is 124 cm³/mol. The number of thiocarbonyl (C=S) groups is 1. The molecule has 5 nitrogen and oxygen atoms in total. The van der Waals surface area contributed by atoms with Gasteiger partial charge in [-0.05, 0) is 68.0 Å². The molecule has 0 bridgehead atoms. The van der Waals surface area contributed by atoms with Crippen molar-refractivity contribution in [2.24, 2.45) is 0 Å². The summed E-state index contributed by atoms with van der Waals surface area (Å²) >= 11 is 11.5. The number of benzene rings is 3. The standard InChI is InChI=1S/C23H18ClN3O2S/c1-13-7-9-16(14(2)11-13)21(28)27-23(30)25-15-8-10-20-19(12-15)26-22(29-20)17-5-3-4-6-18(17)24/h3-12H,1-2H3,(H2,25,27,28,30). The highest BCUT2D eigenvalue weighted by Crippen LogP contribution is 2.30. The number of oxazole rings is 1. The van der Waals surface area contributed by atoms with Crippen LogP contribution in [0.1, 0.15) is 21.5 Å². The van der Waals surface area contributed by atoms with Crippen molar-refractivity contribution < 1.29 is 9.21 Å². The molecule has 2 N–H and O–H groups in total. The van der Waals surface area contributed by atoms with Crippen LogP contribution in [0.5, 0.6) is 0 Å². The molecule has 4 aromatic rings. The fourth-order valence-corrected chi connectivity index (χ4v) is 3.58. The van der Waals surface area contributed by atoms with Crippen molar-refractivity contribution in [1.82, 2.24) is 10.3 Å². The van der Waals surface area contributed by atoms with E-state index in [1.54, 1.807) is 30.3 Å². The summed E-state index contributed by atoms with van der Waals surface area (Å²) in [4.78, 5) is 17.0. The van der Waals surface area contributed by atoms with Gasteiger partial charge in [-0.3, -0.25) is 10.1 Å². The SMILES string of the molecule is Cc1ccc(C(=O)NC(=S)Nc2ccc3oc(-c4ccccc4Cl)nc3c2)c(C)c1. The Balaban J connectivity index is 1.50. The number of amides is 1. The third-order valence-electron chi connectivity index (χ3n) is 4.60. The van der Waals surface area contributed by atoms with E-state index in [-0.39, 0.29) is 11.0 Å². The van der Waals surface area contributed by atoms with E-state index < -0.39 is 0 Å². The van der Waals surface area contributed by atoms with E-state index in [9.17, 15) is 4.79 Å². The van der Waals surface area contributed by atoms with Crippen LogP contribution in [0.25, 0.3) is 22.6 Å². The maximum absolute atomic E-state index is 12.5. The zero-order chi connectivity index (χ0) is 21.3. The third-order valence-corrected chi connectivity index (χ3v) is 5.14. The van der Waals surface area contributed by atoms with Crippen molar-refractivity contribution in [3.63, 3.8) is 0 Å². The molecule has 0 atom stereocenters. The van der Waals surface area contributed by atoms with Crippen LogP contribution in [-0.4, -0.2) is 16.0 Å². The average Bonchev–Trinajstić information content (AvgIpc) is 3.11. The third kappa shape index (κ3) is 4.20. The first kappa shape index (κ1) is 20.1. The lowest BCUT2D eigenvalue weighted by atomic mass is 10.1. The number of fused-ring (bicyclic) bond motifs is 1. The molecule has 0 fully saturated rings. The molecule has 0 radical (unpaired) electrons. The zero-order valence-electron chi connectivity index (χ0n) is 16.3. The molecule has 0 aliphatic rings. The molecule has 30 heavy (non-hydrogen) atoms. The van der Waals surface area contributed by atoms with Crippen LogP contribution in [0, 0.1) is 13.8 Å². The number of hydrogen-bond donors (Lipinski definition) is 2. The number of aromatic nitrogens is 1. The molecule has 0 aliphatic heterocycles. The lowest BCUT2D eigenvalue weighted by Gasteiger charge is -2.11. The number of hydrogen-bond acceptors (Lipinski definition) is 4. The van der Waals surface area contributed by atoms with Gasteiger partial charge in [-0.15, -0.1) is 0 Å². The first-order valence-electron chi connectivity index (χ1n) is 9.26. The molecule has 1 amide bonds. The molecule has 0 aliphatic carbocycles. The zero-order valence-corrected chi connectivity index (χ0v) is 17.9. The number of carbonyl (C=O) groups is 1. The minimum Gasteiger partial charge on any atom is -0.436 e. The Morgan fingerprint density at radius 1 is 1.07 bits per heavy atom. The Hall–Kier alpha value is -3.22. The number of anilines is 1. The number of carbonyl (C=O) groups excluding carboxylic acids is 1. The second kappa shape index (κ2) is 8.26. The smallest absolute Gasteiger partial charge is 0.257 e. The van der Waals surface area contributed by atoms with Gasteiger partial charge >= 0.3 is 0 Å². The lowest BCUT2D eigenvalue weighted by molar-refractivity contribution is 0.0977. The summed E-state index contributed by atoms with van der Waals surface area (Å²) in [6, 6.07) is 18.4. The summed E-state index contributed by atoms with van der Waals surface area (Å²) in [6.07, 6.45) is 0. The molecule has 0 unspecified atom stereocenters. The van der Waals surface area contributed by atoms with Crippen LogP contribution >= 0.6 is 23.8 Å². The molecule has 0 spiro atoms. The Bertz CT molecular complexity index is 1280. The van der Waals surface area contributed by atoms with E-state index in [1.807, 2.05) is 44.2 Å². The monoisotopic (exact) mass is 435 g/mol. The second-order valence-corrected chi connectivity index (χ2v) is 7.72. The highest BCUT2D eigenvalue weighted by molar-refractivity contribution is 7.80. The maximum Gasteiger partial charge on any atom is 0.257 e. The van der Waals surface area contributed by atoms with Crippen LogP contribution in [0.15, 0.2) is 65.1 Å². The lowest BCUT2D eigenvalue weighted by Crippen LogP contribution is -2.34. The van der Waals surface area contributed by atoms with E-state index in [1.165, 1.54) is 0 Å². The van der Waals surface area contributed by atoms with Gasteiger partial charge in [0.25, 0.3) is 5.91 Å². The molecule has 3 aromatic carbocycles. The highest BCUT2D eigenvalue weighted by atomic mass is 35.5. The molecule has 1 heterocycles. The number of nitrogens with one attached hydrogen (secondary N) is 2. The molecule has 0 saturated heterocycles. The number of nitrogens with zero attached hydrogens (tertiary/aromatic N) is 1. The summed E-state index contributed by atoms with van der Waals surface area (Å²) in [5, 5.41) is 6.50. The van der Waals surface area contributed by atoms with E-state index in [0.717, 1.165) is 16.7 Å². The van der Waals surface area contributed by atoms with Crippen molar-refractivity contribution in [3.8, 4) is 11.5 Å². The fourth-order valence-electron chi connectivity index (χ4n) is 3.16. The van der Waals surface area contributed by atoms with Gasteiger partial charge < -0.3 is 9.73 Å². The Labute approximate surface area is 184 Å². The molecule has 7 heteroatoms. The van der Waals surface area contributed by atoms with E-state index >= 15 is 0 Å². The molecule has 1 aromatic heterocycles. The topological polar surface area (TPSA) is 67.2 Å². The Kier molecular flexibility index (Phi) is 5.53. The van der Waals surface area contributed by atoms with Crippen LogP contribution in [-0.2, 0) is 0 Å². The fraction of sp³-hybridized carbons (Fsp3) is 0.0870. The van der Waals surface area contributed by atoms with E-state index in [0.29, 0.717) is 33.3 Å². The second-order valence-electron chi connectivity index (χ2n) is 6.91. The van der Waals surface area contributed by atoms with Crippen LogP contribution < -0.4 is 10.6 Å². The normalized spacial score (nSPS) is 10.8. The first-order valence-corrected chi connectivity index (χ1v) is 10.0. The van der Waals surface area contributed by atoms with Gasteiger partial charge in [0.15, 0.2) is 10.7 Å². The summed E-state index contributed by atoms with van der Waals surface area (Å²) in [7, 11) is 0. The first-order chi connectivity index (χ1) is 14.4. The van der Waals surface area contributed by atoms with Gasteiger partial charge in [0.2, 0.25) is 5.89 Å². The quantitative estimate of drug-likeness (QED) is 0.392. The molecule has 0 saturated carbocycles. The predicted octanol–water partition coefficient (Wildman–Crippen LogP) is 5.89. The Morgan fingerprint density at radius 3 is 2.63 bits per heavy atom. The van der Waals surface area contributed by atoms with Gasteiger partial charge in [-0.1, -0.05) is 41.4 Å². The molecule has 150 valence electrons. The molecular weight excluding hydrogens is 418 g/mol. The maximum atomic E-state index is 12.5. The van der Waals surface area contributed by atoms with Crippen LogP contribution in [0.4, 0.5) is 5.69 Å². The van der Waals surface area contributed by atoms with E-state index in [2.05, 4.69) is 15.6 Å². The number of aryl methyl sites for hydroxylation is 2. The van der Waals surface area contributed by atoms with Crippen molar-refractivity contribution in [3.05, 3.63) is 82.4 Å². The van der Waals surface area contributed by atoms with Gasteiger partial charge in [0.1, 0.15) is 5.52 Å². The van der Waals surface area contributed by atoms with Crippen molar-refractivity contribution >= 4 is 51.6 Å². The van der Waals surface area contributed by atoms with Gasteiger partial charge in [-0.2, -0.15) is 0 Å². The minimum atomic E-state index is -0.256. The van der Waals surface area contributed by atoms with Crippen molar-refractivity contribution in [2.45, 2.75) is 13.8 Å². The van der Waals surface area contributed by atoms with Crippen molar-refractivity contribution in [2.75, 3.05) is 5.32 Å². The largest absolute Gasteiger partial charge is 0.436 e. The van der Waals surface area contributed by atoms with E-state index in [4.69, 9.17) is 28.2 Å². The van der Waals surface area contributed by atoms with Gasteiger partial charge in [-0.25, -0.2) is 4.98 Å². The minimum absolute atomic E-state index is 0.203. The summed E-state index contributed by atoms with van der Waals surface area (Å²) < 4.78 is 5.81. The summed E-state index contributed by atoms with van der Waals surface area (Å²) in [5.74, 6) is 0.187. The van der Waals surface area contributed by atoms with Crippen LogP contribution in [0.2, 0.25) is 5.02 Å². The Morgan fingerprint density at radius 2 is 1.87 bits per heavy atom. The van der Waals surface area contributed by atoms with Crippen molar-refractivity contribution in [1.29, 1.82) is 0 Å².